The zero-order chi connectivity index (χ0) is 19.3. The van der Waals surface area contributed by atoms with Gasteiger partial charge in [-0.1, -0.05) is 34.6 Å². The number of aliphatic hydroxyl groups is 1. The van der Waals surface area contributed by atoms with Crippen LogP contribution in [0, 0.1) is 22.7 Å². The van der Waals surface area contributed by atoms with Crippen molar-refractivity contribution in [2.45, 2.75) is 71.1 Å². The molecule has 0 amide bonds. The van der Waals surface area contributed by atoms with Gasteiger partial charge in [0.2, 0.25) is 0 Å². The number of nitrogens with one attached hydrogen (secondary N) is 1. The summed E-state index contributed by atoms with van der Waals surface area (Å²) in [6.45, 7) is 11.9. The van der Waals surface area contributed by atoms with Gasteiger partial charge in [-0.15, -0.1) is 0 Å². The molecule has 26 heavy (non-hydrogen) atoms. The maximum absolute atomic E-state index is 10.7. The van der Waals surface area contributed by atoms with Crippen molar-refractivity contribution in [3.8, 4) is 6.07 Å². The van der Waals surface area contributed by atoms with Gasteiger partial charge in [0, 0.05) is 29.1 Å². The maximum Gasteiger partial charge on any atom is 0.144 e. The molecule has 3 rings (SSSR count). The van der Waals surface area contributed by atoms with Crippen molar-refractivity contribution in [3.63, 3.8) is 0 Å². The van der Waals surface area contributed by atoms with Crippen LogP contribution in [0.15, 0.2) is 12.1 Å². The molecule has 0 radical (unpaired) electrons. The molecule has 1 aromatic heterocycles. The molecule has 1 aliphatic heterocycles. The highest BCUT2D eigenvalue weighted by molar-refractivity contribution is 5.53. The van der Waals surface area contributed by atoms with Crippen molar-refractivity contribution in [2.24, 2.45) is 11.3 Å². The zero-order valence-corrected chi connectivity index (χ0v) is 16.9. The zero-order valence-electron chi connectivity index (χ0n) is 16.9. The minimum Gasteiger partial charge on any atom is -0.391 e. The molecule has 2 unspecified atom stereocenters. The number of anilines is 1. The van der Waals surface area contributed by atoms with E-state index in [0.29, 0.717) is 23.3 Å². The maximum atomic E-state index is 10.7. The first-order valence-corrected chi connectivity index (χ1v) is 9.64. The Morgan fingerprint density at radius 3 is 2.58 bits per heavy atom. The number of rotatable bonds is 3. The number of aromatic nitrogens is 1. The minimum absolute atomic E-state index is 0.0558. The minimum atomic E-state index is -0.406. The van der Waals surface area contributed by atoms with Crippen molar-refractivity contribution in [1.29, 1.82) is 5.26 Å². The summed E-state index contributed by atoms with van der Waals surface area (Å²) < 4.78 is 0. The molecule has 1 aromatic rings. The standard InChI is InChI=1S/C21H32N4O/c1-13(2)18-21(12-25(18)6)9-15(16(26)10-21)23-19-14(11-22)7-8-17(24-19)20(3,4)5/h7-8,13,15-16,18,26H,9-10,12H2,1-6H3,(H,23,24)/t15-,16-,18?,21?/m1/s1. The third kappa shape index (κ3) is 3.21. The number of hydrogen-bond acceptors (Lipinski definition) is 5. The van der Waals surface area contributed by atoms with Gasteiger partial charge in [0.05, 0.1) is 17.7 Å². The lowest BCUT2D eigenvalue weighted by Crippen LogP contribution is -2.64. The Kier molecular flexibility index (Phi) is 4.79. The van der Waals surface area contributed by atoms with E-state index in [1.165, 1.54) is 0 Å². The molecule has 1 saturated carbocycles. The lowest BCUT2D eigenvalue weighted by molar-refractivity contribution is -0.0825. The molecular formula is C21H32N4O. The van der Waals surface area contributed by atoms with Crippen molar-refractivity contribution in [3.05, 3.63) is 23.4 Å². The fraction of sp³-hybridized carbons (Fsp3) is 0.714. The summed E-state index contributed by atoms with van der Waals surface area (Å²) in [5.74, 6) is 1.17. The highest BCUT2D eigenvalue weighted by Crippen LogP contribution is 2.52. The second kappa shape index (κ2) is 6.51. The van der Waals surface area contributed by atoms with E-state index < -0.39 is 6.10 Å². The van der Waals surface area contributed by atoms with Gasteiger partial charge < -0.3 is 15.3 Å². The summed E-state index contributed by atoms with van der Waals surface area (Å²) >= 11 is 0. The molecular weight excluding hydrogens is 324 g/mol. The Balaban J connectivity index is 1.83. The number of aliphatic hydroxyl groups excluding tert-OH is 1. The van der Waals surface area contributed by atoms with Gasteiger partial charge >= 0.3 is 0 Å². The van der Waals surface area contributed by atoms with Crippen LogP contribution in [0.2, 0.25) is 0 Å². The molecule has 2 fully saturated rings. The van der Waals surface area contributed by atoms with Crippen molar-refractivity contribution < 1.29 is 5.11 Å². The summed E-state index contributed by atoms with van der Waals surface area (Å²) in [7, 11) is 2.17. The lowest BCUT2D eigenvalue weighted by Gasteiger charge is -2.57. The molecule has 5 nitrogen and oxygen atoms in total. The van der Waals surface area contributed by atoms with E-state index in [0.717, 1.165) is 25.1 Å². The van der Waals surface area contributed by atoms with Gasteiger partial charge in [0.1, 0.15) is 11.9 Å². The molecule has 2 heterocycles. The molecule has 142 valence electrons. The Labute approximate surface area is 157 Å². The van der Waals surface area contributed by atoms with E-state index in [9.17, 15) is 10.4 Å². The van der Waals surface area contributed by atoms with Gasteiger partial charge in [-0.2, -0.15) is 5.26 Å². The Morgan fingerprint density at radius 1 is 1.35 bits per heavy atom. The van der Waals surface area contributed by atoms with Crippen LogP contribution in [0.3, 0.4) is 0 Å². The van der Waals surface area contributed by atoms with Crippen LogP contribution in [0.25, 0.3) is 0 Å². The number of likely N-dealkylation sites (tertiary alicyclic amines) is 1. The predicted molar refractivity (Wildman–Crippen MR) is 104 cm³/mol. The first kappa shape index (κ1) is 19.1. The van der Waals surface area contributed by atoms with E-state index in [1.807, 2.05) is 12.1 Å². The molecule has 4 atom stereocenters. The number of pyridine rings is 1. The van der Waals surface area contributed by atoms with Crippen molar-refractivity contribution in [2.75, 3.05) is 18.9 Å². The van der Waals surface area contributed by atoms with E-state index in [1.54, 1.807) is 0 Å². The van der Waals surface area contributed by atoms with E-state index >= 15 is 0 Å². The van der Waals surface area contributed by atoms with Crippen molar-refractivity contribution in [1.82, 2.24) is 9.88 Å². The van der Waals surface area contributed by atoms with Gasteiger partial charge in [0.25, 0.3) is 0 Å². The summed E-state index contributed by atoms with van der Waals surface area (Å²) in [6, 6.07) is 6.44. The topological polar surface area (TPSA) is 72.2 Å². The SMILES string of the molecule is CC(C)C1N(C)CC12C[C@@H](O)[C@H](Nc1nc(C(C)(C)C)ccc1C#N)C2. The van der Waals surface area contributed by atoms with Crippen LogP contribution in [0.5, 0.6) is 0 Å². The smallest absolute Gasteiger partial charge is 0.144 e. The van der Waals surface area contributed by atoms with Crippen LogP contribution in [-0.2, 0) is 5.41 Å². The Morgan fingerprint density at radius 2 is 2.04 bits per heavy atom. The summed E-state index contributed by atoms with van der Waals surface area (Å²) in [4.78, 5) is 7.12. The van der Waals surface area contributed by atoms with Crippen LogP contribution >= 0.6 is 0 Å². The predicted octanol–water partition coefficient (Wildman–Crippen LogP) is 3.14. The second-order valence-corrected chi connectivity index (χ2v) is 9.65. The first-order valence-electron chi connectivity index (χ1n) is 9.64. The number of nitrogens with zero attached hydrogens (tertiary/aromatic N) is 3. The largest absolute Gasteiger partial charge is 0.391 e. The fourth-order valence-corrected chi connectivity index (χ4v) is 5.25. The number of hydrogen-bond donors (Lipinski definition) is 2. The quantitative estimate of drug-likeness (QED) is 0.870. The third-order valence-corrected chi connectivity index (χ3v) is 6.11. The highest BCUT2D eigenvalue weighted by Gasteiger charge is 2.58. The molecule has 1 saturated heterocycles. The van der Waals surface area contributed by atoms with E-state index in [4.69, 9.17) is 4.98 Å². The van der Waals surface area contributed by atoms with E-state index in [-0.39, 0.29) is 16.9 Å². The third-order valence-electron chi connectivity index (χ3n) is 6.11. The molecule has 5 heteroatoms. The lowest BCUT2D eigenvalue weighted by atomic mass is 9.66. The molecule has 0 aromatic carbocycles. The fourth-order valence-electron chi connectivity index (χ4n) is 5.25. The van der Waals surface area contributed by atoms with Crippen molar-refractivity contribution >= 4 is 5.82 Å². The highest BCUT2D eigenvalue weighted by atomic mass is 16.3. The summed E-state index contributed by atoms with van der Waals surface area (Å²) in [6.07, 6.45) is 1.34. The van der Waals surface area contributed by atoms with Crippen LogP contribution in [-0.4, -0.2) is 46.8 Å². The summed E-state index contributed by atoms with van der Waals surface area (Å²) in [5, 5.41) is 23.6. The normalized spacial score (nSPS) is 31.9. The molecule has 0 bridgehead atoms. The first-order chi connectivity index (χ1) is 12.1. The average Bonchev–Trinajstić information content (AvgIpc) is 2.83. The Bertz CT molecular complexity index is 713. The monoisotopic (exact) mass is 356 g/mol. The Hall–Kier alpha value is -1.64. The molecule has 2 N–H and O–H groups in total. The van der Waals surface area contributed by atoms with Gasteiger partial charge in [-0.25, -0.2) is 4.98 Å². The van der Waals surface area contributed by atoms with Gasteiger partial charge in [-0.3, -0.25) is 0 Å². The molecule has 1 aliphatic carbocycles. The summed E-state index contributed by atoms with van der Waals surface area (Å²) in [5.41, 5.74) is 1.58. The molecule has 2 aliphatic rings. The average molecular weight is 357 g/mol. The van der Waals surface area contributed by atoms with Crippen LogP contribution in [0.1, 0.15) is 58.7 Å². The molecule has 1 spiro atoms. The van der Waals surface area contributed by atoms with Gasteiger partial charge in [-0.05, 0) is 37.9 Å². The van der Waals surface area contributed by atoms with Gasteiger partial charge in [0.15, 0.2) is 0 Å². The van der Waals surface area contributed by atoms with E-state index in [2.05, 4.69) is 58.0 Å². The van der Waals surface area contributed by atoms with Crippen LogP contribution in [0.4, 0.5) is 5.82 Å². The number of nitriles is 1. The second-order valence-electron chi connectivity index (χ2n) is 9.65. The van der Waals surface area contributed by atoms with Crippen LogP contribution < -0.4 is 5.32 Å².